The Morgan fingerprint density at radius 2 is 1.18 bits per heavy atom. The molecule has 0 amide bonds. The summed E-state index contributed by atoms with van der Waals surface area (Å²) < 4.78 is 56.0. The average molecular weight is 893 g/mol. The largest absolute Gasteiger partial charge is 0.471 e. The van der Waals surface area contributed by atoms with Crippen molar-refractivity contribution in [2.75, 3.05) is 38.9 Å². The summed E-state index contributed by atoms with van der Waals surface area (Å²) in [4.78, 5) is 50.1. The zero-order chi connectivity index (χ0) is 43.2. The quantitative estimate of drug-likeness (QED) is 0.0561. The molecular weight excluding hydrogens is 849 g/mol. The molecule has 0 spiro atoms. The highest BCUT2D eigenvalue weighted by atomic mass is 32.2. The van der Waals surface area contributed by atoms with Crippen molar-refractivity contribution in [1.82, 2.24) is 0 Å². The van der Waals surface area contributed by atoms with Gasteiger partial charge in [0.1, 0.15) is 74.8 Å². The lowest BCUT2D eigenvalue weighted by molar-refractivity contribution is -0.340. The molecule has 3 fully saturated rings. The van der Waals surface area contributed by atoms with Crippen molar-refractivity contribution in [1.29, 1.82) is 0 Å². The fourth-order valence-electron chi connectivity index (χ4n) is 8.22. The molecule has 7 rings (SSSR count). The van der Waals surface area contributed by atoms with Crippen molar-refractivity contribution in [2.24, 2.45) is 23.7 Å². The summed E-state index contributed by atoms with van der Waals surface area (Å²) in [7, 11) is 0. The third-order valence-electron chi connectivity index (χ3n) is 11.3. The normalized spacial score (nSPS) is 41.6. The number of aliphatic hydroxyl groups excluding tert-OH is 8. The molecule has 2 aliphatic carbocycles. The molecule has 332 valence electrons. The van der Waals surface area contributed by atoms with Crippen molar-refractivity contribution in [3.05, 3.63) is 47.0 Å². The molecule has 8 N–H and O–H groups in total. The summed E-state index contributed by atoms with van der Waals surface area (Å²) in [5.74, 6) is -5.41. The van der Waals surface area contributed by atoms with E-state index in [1.807, 2.05) is 0 Å². The monoisotopic (exact) mass is 892 g/mol. The first-order valence-corrected chi connectivity index (χ1v) is 21.0. The van der Waals surface area contributed by atoms with Crippen molar-refractivity contribution in [2.45, 2.75) is 86.2 Å². The van der Waals surface area contributed by atoms with Crippen LogP contribution in [0.4, 0.5) is 9.59 Å². The maximum absolute atomic E-state index is 13.7. The van der Waals surface area contributed by atoms with Crippen LogP contribution in [0, 0.1) is 23.7 Å². The molecule has 18 atom stereocenters. The van der Waals surface area contributed by atoms with Gasteiger partial charge in [-0.15, -0.1) is 0 Å². The Hall–Kier alpha value is -3.34. The van der Waals surface area contributed by atoms with Crippen LogP contribution in [0.3, 0.4) is 0 Å². The third kappa shape index (κ3) is 8.55. The fraction of sp³-hybridized carbons (Fsp3) is 0.667. The van der Waals surface area contributed by atoms with Crippen molar-refractivity contribution < 1.29 is 107 Å². The highest BCUT2D eigenvalue weighted by Gasteiger charge is 2.57. The highest BCUT2D eigenvalue weighted by molar-refractivity contribution is 8.12. The Labute approximate surface area is 348 Å². The fourth-order valence-corrected chi connectivity index (χ4v) is 8.58. The first-order valence-electron chi connectivity index (χ1n) is 18.6. The summed E-state index contributed by atoms with van der Waals surface area (Å²) in [5, 5.41) is 83.3. The van der Waals surface area contributed by atoms with Crippen LogP contribution in [0.15, 0.2) is 47.0 Å². The van der Waals surface area contributed by atoms with Crippen LogP contribution < -0.4 is 0 Å². The first kappa shape index (κ1) is 44.7. The molecule has 60 heavy (non-hydrogen) atoms. The molecule has 0 radical (unpaired) electrons. The van der Waals surface area contributed by atoms with E-state index >= 15 is 0 Å². The maximum Gasteiger partial charge on any atom is 0.367 e. The van der Waals surface area contributed by atoms with Crippen LogP contribution in [-0.4, -0.2) is 189 Å². The number of carbonyl (C=O) groups is 4. The molecule has 5 aliphatic heterocycles. The van der Waals surface area contributed by atoms with E-state index in [1.54, 1.807) is 6.08 Å². The van der Waals surface area contributed by atoms with Crippen LogP contribution >= 0.6 is 23.5 Å². The molecule has 0 saturated carbocycles. The van der Waals surface area contributed by atoms with Crippen molar-refractivity contribution >= 4 is 46.1 Å². The zero-order valence-electron chi connectivity index (χ0n) is 31.6. The van der Waals surface area contributed by atoms with Crippen LogP contribution in [0.2, 0.25) is 0 Å². The van der Waals surface area contributed by atoms with Crippen LogP contribution in [0.25, 0.3) is 0 Å². The lowest BCUT2D eigenvalue weighted by atomic mass is 9.82. The van der Waals surface area contributed by atoms with Gasteiger partial charge >= 0.3 is 22.5 Å². The van der Waals surface area contributed by atoms with E-state index in [-0.39, 0.29) is 23.3 Å². The van der Waals surface area contributed by atoms with Gasteiger partial charge < -0.3 is 88.2 Å². The van der Waals surface area contributed by atoms with Gasteiger partial charge in [-0.2, -0.15) is 0 Å². The smallest absolute Gasteiger partial charge is 0.367 e. The lowest BCUT2D eigenvalue weighted by Gasteiger charge is -2.43. The molecule has 0 bridgehead atoms. The molecule has 3 saturated heterocycles. The van der Waals surface area contributed by atoms with E-state index in [0.29, 0.717) is 5.57 Å². The van der Waals surface area contributed by atoms with Crippen LogP contribution in [0.5, 0.6) is 0 Å². The number of carbonyl (C=O) groups excluding carboxylic acids is 4. The van der Waals surface area contributed by atoms with Gasteiger partial charge in [-0.1, -0.05) is 6.08 Å². The Balaban J connectivity index is 1.05. The van der Waals surface area contributed by atoms with E-state index in [4.69, 9.17) is 47.4 Å². The van der Waals surface area contributed by atoms with E-state index in [1.165, 1.54) is 18.6 Å². The number of aliphatic hydroxyl groups is 8. The van der Waals surface area contributed by atoms with Crippen molar-refractivity contribution in [3.8, 4) is 0 Å². The van der Waals surface area contributed by atoms with Crippen molar-refractivity contribution in [3.63, 3.8) is 0 Å². The number of rotatable bonds is 12. The molecule has 7 aliphatic rings. The minimum Gasteiger partial charge on any atom is -0.471 e. The summed E-state index contributed by atoms with van der Waals surface area (Å²) >= 11 is 1.61. The Morgan fingerprint density at radius 1 is 0.650 bits per heavy atom. The van der Waals surface area contributed by atoms with Gasteiger partial charge in [0.05, 0.1) is 48.2 Å². The third-order valence-corrected chi connectivity index (χ3v) is 12.2. The molecule has 24 heteroatoms. The summed E-state index contributed by atoms with van der Waals surface area (Å²) in [6.07, 6.45) is -14.1. The minimum absolute atomic E-state index is 0.198. The number of ether oxygens (including phenoxy) is 10. The number of fused-ring (bicyclic) bond motifs is 1. The molecule has 0 unspecified atom stereocenters. The van der Waals surface area contributed by atoms with Gasteiger partial charge in [0.25, 0.3) is 0 Å². The standard InChI is InChI=1S/C36H44O22S2/c1-59-35(47)52-6-11-3-15(38)21-13(8-50-31(19(11)21)57-33-27(43)25(41)23(39)17(5-37)55-33)29(45)49-10-18-24(40)26(42)28(44)34(56-18)58-32-20-12(7-53-36(48)60-2)4-16-22(20)14(9-51-32)30(46)54-16/h3-4,8-9,15-28,31-34,37-44H,5-7,10H2,1-2H3/t15-,16-,17+,18+,19+,20+,21-,22-,23+,24+,25-,26-,27+,28+,31-,32-,33-,34-/m0/s1. The van der Waals surface area contributed by atoms with E-state index in [2.05, 4.69) is 0 Å². The summed E-state index contributed by atoms with van der Waals surface area (Å²) in [6.45, 7) is -2.10. The minimum atomic E-state index is -1.90. The van der Waals surface area contributed by atoms with Crippen LogP contribution in [0.1, 0.15) is 0 Å². The zero-order valence-corrected chi connectivity index (χ0v) is 33.3. The Morgan fingerprint density at radius 3 is 1.77 bits per heavy atom. The number of hydrogen-bond acceptors (Lipinski definition) is 24. The highest BCUT2D eigenvalue weighted by Crippen LogP contribution is 2.50. The second-order valence-electron chi connectivity index (χ2n) is 14.7. The van der Waals surface area contributed by atoms with E-state index < -0.39 is 152 Å². The lowest BCUT2D eigenvalue weighted by Crippen LogP contribution is -2.60. The first-order chi connectivity index (χ1) is 28.7. The average Bonchev–Trinajstić information content (AvgIpc) is 3.89. The van der Waals surface area contributed by atoms with Gasteiger partial charge in [0.2, 0.25) is 12.6 Å². The summed E-state index contributed by atoms with van der Waals surface area (Å²) in [5.41, 5.74) is 0.651. The predicted molar refractivity (Wildman–Crippen MR) is 195 cm³/mol. The van der Waals surface area contributed by atoms with Crippen LogP contribution in [-0.2, 0) is 57.0 Å². The molecule has 0 aromatic carbocycles. The van der Waals surface area contributed by atoms with Gasteiger partial charge in [-0.3, -0.25) is 0 Å². The molecule has 5 heterocycles. The molecule has 22 nitrogen and oxygen atoms in total. The summed E-state index contributed by atoms with van der Waals surface area (Å²) in [6, 6.07) is 0. The van der Waals surface area contributed by atoms with Gasteiger partial charge in [0.15, 0.2) is 12.6 Å². The Kier molecular flexibility index (Phi) is 13.8. The second-order valence-corrected chi connectivity index (χ2v) is 16.2. The Bertz CT molecular complexity index is 1780. The number of esters is 2. The maximum atomic E-state index is 13.7. The SMILES string of the molecule is CSC(=O)OCC1=C[C@@H]2OC(=O)C3=CO[C@@H](O[C@@H]4O[C@H](COC(=O)C5=CO[C@@H](O[C@@H]6O[C@H](CO)[C@@H](O)[C@H](O)[C@H]6O)[C@@H]6C(COC(=O)SC)=C[C@H](O)[C@H]56)[C@@H](O)[C@H](O)[C@H]4O)[C@H]1[C@@H]32. The van der Waals surface area contributed by atoms with E-state index in [0.717, 1.165) is 36.0 Å². The molecule has 0 aromatic rings. The second kappa shape index (κ2) is 18.6. The van der Waals surface area contributed by atoms with E-state index in [9.17, 15) is 60.0 Å². The molecule has 0 aromatic heterocycles. The van der Waals surface area contributed by atoms with Gasteiger partial charge in [-0.05, 0) is 53.3 Å². The van der Waals surface area contributed by atoms with Gasteiger partial charge in [-0.25, -0.2) is 19.2 Å². The topological polar surface area (TPSA) is 322 Å². The molecular formula is C36H44O22S2. The number of hydrogen-bond donors (Lipinski definition) is 8. The number of thioether (sulfide) groups is 2. The van der Waals surface area contributed by atoms with Gasteiger partial charge in [0, 0.05) is 11.8 Å². The predicted octanol–water partition coefficient (Wildman–Crippen LogP) is -2.72.